The first-order valence-electron chi connectivity index (χ1n) is 8.59. The van der Waals surface area contributed by atoms with Crippen molar-refractivity contribution in [2.45, 2.75) is 25.5 Å². The summed E-state index contributed by atoms with van der Waals surface area (Å²) in [6, 6.07) is 15.7. The third-order valence-electron chi connectivity index (χ3n) is 4.91. The number of amides is 1. The van der Waals surface area contributed by atoms with Crippen molar-refractivity contribution in [2.24, 2.45) is 0 Å². The molecule has 132 valence electrons. The van der Waals surface area contributed by atoms with Gasteiger partial charge in [0.15, 0.2) is 6.10 Å². The first kappa shape index (κ1) is 16.3. The van der Waals surface area contributed by atoms with E-state index in [9.17, 15) is 4.79 Å². The highest BCUT2D eigenvalue weighted by Crippen LogP contribution is 2.30. The number of carbonyl (C=O) groups is 1. The quantitative estimate of drug-likeness (QED) is 0.727. The van der Waals surface area contributed by atoms with E-state index >= 15 is 0 Å². The first-order valence-corrected chi connectivity index (χ1v) is 8.59. The van der Waals surface area contributed by atoms with E-state index in [-0.39, 0.29) is 11.9 Å². The molecule has 2 heterocycles. The molecule has 3 aromatic rings. The maximum Gasteiger partial charge on any atom is 0.264 e. The minimum Gasteiger partial charge on any atom is -0.480 e. The topological polar surface area (TPSA) is 60.2 Å². The maximum atomic E-state index is 12.9. The van der Waals surface area contributed by atoms with Crippen LogP contribution in [0.5, 0.6) is 5.75 Å². The minimum atomic E-state index is -0.450. The van der Waals surface area contributed by atoms with Gasteiger partial charge in [-0.3, -0.25) is 4.79 Å². The van der Waals surface area contributed by atoms with Gasteiger partial charge in [-0.05, 0) is 36.2 Å². The van der Waals surface area contributed by atoms with Crippen LogP contribution in [0.15, 0.2) is 61.2 Å². The molecular formula is C20H20N4O2. The van der Waals surface area contributed by atoms with Crippen LogP contribution in [-0.4, -0.2) is 38.7 Å². The predicted octanol–water partition coefficient (Wildman–Crippen LogP) is 2.79. The van der Waals surface area contributed by atoms with E-state index in [1.165, 1.54) is 6.33 Å². The lowest BCUT2D eigenvalue weighted by Gasteiger charge is -2.27. The molecule has 0 radical (unpaired) electrons. The Labute approximate surface area is 152 Å². The zero-order valence-electron chi connectivity index (χ0n) is 14.7. The van der Waals surface area contributed by atoms with Crippen molar-refractivity contribution in [3.63, 3.8) is 0 Å². The molecule has 1 amide bonds. The molecule has 0 fully saturated rings. The maximum absolute atomic E-state index is 12.9. The van der Waals surface area contributed by atoms with Crippen molar-refractivity contribution in [3.05, 3.63) is 72.3 Å². The van der Waals surface area contributed by atoms with E-state index in [0.29, 0.717) is 6.42 Å². The van der Waals surface area contributed by atoms with Gasteiger partial charge in [-0.1, -0.05) is 30.3 Å². The van der Waals surface area contributed by atoms with E-state index in [4.69, 9.17) is 4.74 Å². The highest BCUT2D eigenvalue weighted by molar-refractivity contribution is 5.82. The molecule has 2 atom stereocenters. The molecule has 26 heavy (non-hydrogen) atoms. The summed E-state index contributed by atoms with van der Waals surface area (Å²) in [7, 11) is 1.82. The van der Waals surface area contributed by atoms with Crippen LogP contribution in [-0.2, 0) is 11.2 Å². The number of nitrogens with zero attached hydrogens (tertiary/aromatic N) is 4. The smallest absolute Gasteiger partial charge is 0.264 e. The Morgan fingerprint density at radius 3 is 2.69 bits per heavy atom. The third kappa shape index (κ3) is 2.94. The van der Waals surface area contributed by atoms with Gasteiger partial charge >= 0.3 is 0 Å². The molecule has 0 aliphatic carbocycles. The number of hydrogen-bond donors (Lipinski definition) is 0. The highest BCUT2D eigenvalue weighted by atomic mass is 16.5. The molecule has 1 aliphatic rings. The fourth-order valence-corrected chi connectivity index (χ4v) is 3.21. The lowest BCUT2D eigenvalue weighted by Crippen LogP contribution is -2.40. The number of benzene rings is 2. The van der Waals surface area contributed by atoms with E-state index < -0.39 is 6.10 Å². The number of rotatable bonds is 4. The van der Waals surface area contributed by atoms with Crippen LogP contribution in [0.2, 0.25) is 0 Å². The van der Waals surface area contributed by atoms with Crippen molar-refractivity contribution >= 4 is 5.91 Å². The first-order chi connectivity index (χ1) is 12.6. The summed E-state index contributed by atoms with van der Waals surface area (Å²) in [5.41, 5.74) is 3.08. The molecule has 0 spiro atoms. The summed E-state index contributed by atoms with van der Waals surface area (Å²) >= 11 is 0. The molecule has 0 bridgehead atoms. The van der Waals surface area contributed by atoms with Crippen molar-refractivity contribution < 1.29 is 9.53 Å². The van der Waals surface area contributed by atoms with Crippen LogP contribution >= 0.6 is 0 Å². The summed E-state index contributed by atoms with van der Waals surface area (Å²) in [5.74, 6) is 0.804. The average Bonchev–Trinajstić information content (AvgIpc) is 3.36. The predicted molar refractivity (Wildman–Crippen MR) is 97.1 cm³/mol. The van der Waals surface area contributed by atoms with Crippen molar-refractivity contribution in [1.82, 2.24) is 19.7 Å². The molecule has 0 saturated heterocycles. The van der Waals surface area contributed by atoms with Gasteiger partial charge in [0.25, 0.3) is 5.91 Å². The second-order valence-corrected chi connectivity index (χ2v) is 6.48. The second kappa shape index (κ2) is 6.63. The Morgan fingerprint density at radius 1 is 1.23 bits per heavy atom. The molecule has 4 rings (SSSR count). The monoisotopic (exact) mass is 348 g/mol. The summed E-state index contributed by atoms with van der Waals surface area (Å²) in [6.07, 6.45) is 3.33. The third-order valence-corrected chi connectivity index (χ3v) is 4.91. The van der Waals surface area contributed by atoms with Crippen LogP contribution in [0, 0.1) is 0 Å². The Kier molecular flexibility index (Phi) is 4.16. The van der Waals surface area contributed by atoms with Gasteiger partial charge in [0.05, 0.1) is 11.7 Å². The van der Waals surface area contributed by atoms with Crippen LogP contribution < -0.4 is 4.74 Å². The number of ether oxygens (including phenoxy) is 1. The van der Waals surface area contributed by atoms with Crippen LogP contribution in [0.1, 0.15) is 24.1 Å². The molecule has 2 aromatic carbocycles. The lowest BCUT2D eigenvalue weighted by atomic mass is 10.0. The fourth-order valence-electron chi connectivity index (χ4n) is 3.21. The average molecular weight is 348 g/mol. The van der Waals surface area contributed by atoms with Gasteiger partial charge in [0.1, 0.15) is 18.4 Å². The SMILES string of the molecule is C[C@H](c1ccc(-n2cncn2)cc1)N(C)C(=O)[C@H]1Cc2ccccc2O1. The Hall–Kier alpha value is -3.15. The number of carbonyl (C=O) groups excluding carboxylic acids is 1. The van der Waals surface area contributed by atoms with Crippen molar-refractivity contribution in [2.75, 3.05) is 7.05 Å². The molecule has 6 nitrogen and oxygen atoms in total. The number of aromatic nitrogens is 3. The largest absolute Gasteiger partial charge is 0.480 e. The molecule has 6 heteroatoms. The van der Waals surface area contributed by atoms with Gasteiger partial charge in [0, 0.05) is 13.5 Å². The zero-order valence-corrected chi connectivity index (χ0v) is 14.7. The number of para-hydroxylation sites is 1. The normalized spacial score (nSPS) is 16.6. The van der Waals surface area contributed by atoms with E-state index in [2.05, 4.69) is 10.1 Å². The van der Waals surface area contributed by atoms with Crippen LogP contribution in [0.25, 0.3) is 5.69 Å². The fraction of sp³-hybridized carbons (Fsp3) is 0.250. The van der Waals surface area contributed by atoms with Crippen molar-refractivity contribution in [3.8, 4) is 11.4 Å². The molecular weight excluding hydrogens is 328 g/mol. The lowest BCUT2D eigenvalue weighted by molar-refractivity contribution is -0.138. The number of likely N-dealkylation sites (N-methyl/N-ethyl adjacent to an activating group) is 1. The van der Waals surface area contributed by atoms with Gasteiger partial charge in [-0.25, -0.2) is 9.67 Å². The highest BCUT2D eigenvalue weighted by Gasteiger charge is 2.32. The van der Waals surface area contributed by atoms with E-state index in [1.807, 2.05) is 62.5 Å². The summed E-state index contributed by atoms with van der Waals surface area (Å²) < 4.78 is 7.54. The van der Waals surface area contributed by atoms with E-state index in [1.54, 1.807) is 15.9 Å². The van der Waals surface area contributed by atoms with Gasteiger partial charge in [-0.15, -0.1) is 0 Å². The number of fused-ring (bicyclic) bond motifs is 1. The molecule has 0 N–H and O–H groups in total. The van der Waals surface area contributed by atoms with Crippen LogP contribution in [0.4, 0.5) is 0 Å². The minimum absolute atomic E-state index is 0.00551. The second-order valence-electron chi connectivity index (χ2n) is 6.48. The molecule has 0 saturated carbocycles. The van der Waals surface area contributed by atoms with Crippen LogP contribution in [0.3, 0.4) is 0 Å². The number of hydrogen-bond acceptors (Lipinski definition) is 4. The Bertz CT molecular complexity index is 881. The van der Waals surface area contributed by atoms with Gasteiger partial charge in [0.2, 0.25) is 0 Å². The molecule has 1 aromatic heterocycles. The van der Waals surface area contributed by atoms with Gasteiger partial charge < -0.3 is 9.64 Å². The van der Waals surface area contributed by atoms with Crippen molar-refractivity contribution in [1.29, 1.82) is 0 Å². The summed E-state index contributed by atoms with van der Waals surface area (Å²) in [4.78, 5) is 18.6. The Balaban J connectivity index is 1.46. The zero-order chi connectivity index (χ0) is 18.1. The summed E-state index contributed by atoms with van der Waals surface area (Å²) in [6.45, 7) is 2.02. The standard InChI is InChI=1S/C20H20N4O2/c1-14(15-7-9-17(10-8-15)24-13-21-12-22-24)23(2)20(25)19-11-16-5-3-4-6-18(16)26-19/h3-10,12-14,19H,11H2,1-2H3/t14-,19-/m1/s1. The molecule has 0 unspecified atom stereocenters. The summed E-state index contributed by atoms with van der Waals surface area (Å²) in [5, 5.41) is 4.12. The van der Waals surface area contributed by atoms with E-state index in [0.717, 1.165) is 22.6 Å². The Morgan fingerprint density at radius 2 is 2.00 bits per heavy atom. The van der Waals surface area contributed by atoms with Gasteiger partial charge in [-0.2, -0.15) is 5.10 Å². The molecule has 1 aliphatic heterocycles.